The van der Waals surface area contributed by atoms with Crippen molar-refractivity contribution in [3.8, 4) is 11.5 Å². The first-order valence-corrected chi connectivity index (χ1v) is 8.60. The van der Waals surface area contributed by atoms with Crippen molar-refractivity contribution in [2.24, 2.45) is 11.8 Å². The summed E-state index contributed by atoms with van der Waals surface area (Å²) in [4.78, 5) is 15.0. The molecule has 4 heteroatoms. The monoisotopic (exact) mass is 315 g/mol. The Balaban J connectivity index is 1.94. The fraction of sp³-hybridized carbons (Fsp3) is 0.632. The number of likely N-dealkylation sites (N-methyl/N-ethyl adjacent to an activating group) is 1. The summed E-state index contributed by atoms with van der Waals surface area (Å²) in [6, 6.07) is 4.41. The molecule has 0 spiro atoms. The Labute approximate surface area is 137 Å². The van der Waals surface area contributed by atoms with Crippen LogP contribution >= 0.6 is 0 Å². The molecule has 1 N–H and O–H groups in total. The highest BCUT2D eigenvalue weighted by atomic mass is 16.5. The third kappa shape index (κ3) is 1.90. The van der Waals surface area contributed by atoms with Crippen LogP contribution in [0.5, 0.6) is 11.5 Å². The van der Waals surface area contributed by atoms with E-state index in [0.717, 1.165) is 31.4 Å². The van der Waals surface area contributed by atoms with Crippen LogP contribution in [0.2, 0.25) is 0 Å². The van der Waals surface area contributed by atoms with Gasteiger partial charge in [0.2, 0.25) is 0 Å². The van der Waals surface area contributed by atoms with Crippen LogP contribution in [0.25, 0.3) is 0 Å². The molecule has 1 heterocycles. The predicted octanol–water partition coefficient (Wildman–Crippen LogP) is 2.51. The van der Waals surface area contributed by atoms with Gasteiger partial charge in [-0.05, 0) is 50.4 Å². The van der Waals surface area contributed by atoms with E-state index in [4.69, 9.17) is 4.74 Å². The van der Waals surface area contributed by atoms with E-state index in [1.54, 1.807) is 7.11 Å². The van der Waals surface area contributed by atoms with E-state index in [-0.39, 0.29) is 17.1 Å². The second-order valence-electron chi connectivity index (χ2n) is 7.70. The van der Waals surface area contributed by atoms with Crippen molar-refractivity contribution in [3.05, 3.63) is 23.3 Å². The molecule has 3 aliphatic rings. The van der Waals surface area contributed by atoms with Crippen LogP contribution < -0.4 is 4.74 Å². The van der Waals surface area contributed by atoms with Gasteiger partial charge in [-0.25, -0.2) is 0 Å². The van der Waals surface area contributed by atoms with E-state index >= 15 is 0 Å². The first-order valence-electron chi connectivity index (χ1n) is 8.60. The SMILES string of the molecule is COc1ccc2c(c1O)[C@@]13CCN(C)[C@@H](C2)[C@H]1CC(C)C(=O)C3. The number of carbonyl (C=O) groups excluding carboxylic acids is 1. The smallest absolute Gasteiger partial charge is 0.161 e. The molecule has 1 aromatic rings. The van der Waals surface area contributed by atoms with Crippen LogP contribution in [0.1, 0.15) is 37.3 Å². The highest BCUT2D eigenvalue weighted by Gasteiger charge is 2.57. The third-order valence-electron chi connectivity index (χ3n) is 6.67. The number of phenols is 1. The summed E-state index contributed by atoms with van der Waals surface area (Å²) in [6.07, 6.45) is 3.40. The first-order chi connectivity index (χ1) is 11.0. The number of piperidine rings is 1. The van der Waals surface area contributed by atoms with Crippen molar-refractivity contribution < 1.29 is 14.6 Å². The number of ketones is 1. The summed E-state index contributed by atoms with van der Waals surface area (Å²) in [7, 11) is 3.79. The van der Waals surface area contributed by atoms with Crippen molar-refractivity contribution in [1.82, 2.24) is 4.90 Å². The zero-order valence-corrected chi connectivity index (χ0v) is 14.1. The number of hydrogen-bond donors (Lipinski definition) is 1. The number of Topliss-reactive ketones (excluding diaryl/α,β-unsaturated/α-hetero) is 1. The molecule has 124 valence electrons. The Morgan fingerprint density at radius 1 is 1.39 bits per heavy atom. The normalized spacial score (nSPS) is 36.3. The Morgan fingerprint density at radius 2 is 2.17 bits per heavy atom. The summed E-state index contributed by atoms with van der Waals surface area (Å²) >= 11 is 0. The number of nitrogens with zero attached hydrogens (tertiary/aromatic N) is 1. The van der Waals surface area contributed by atoms with Gasteiger partial charge >= 0.3 is 0 Å². The zero-order chi connectivity index (χ0) is 16.4. The summed E-state index contributed by atoms with van der Waals surface area (Å²) in [5.41, 5.74) is 2.00. The molecule has 1 aliphatic heterocycles. The lowest BCUT2D eigenvalue weighted by Gasteiger charge is -2.58. The molecule has 23 heavy (non-hydrogen) atoms. The number of aromatic hydroxyl groups is 1. The Morgan fingerprint density at radius 3 is 2.91 bits per heavy atom. The second kappa shape index (κ2) is 4.97. The summed E-state index contributed by atoms with van der Waals surface area (Å²) in [5, 5.41) is 10.8. The summed E-state index contributed by atoms with van der Waals surface area (Å²) in [6.45, 7) is 3.05. The minimum Gasteiger partial charge on any atom is -0.504 e. The van der Waals surface area contributed by atoms with Crippen LogP contribution in [0.3, 0.4) is 0 Å². The highest BCUT2D eigenvalue weighted by Crippen LogP contribution is 2.58. The van der Waals surface area contributed by atoms with E-state index in [1.165, 1.54) is 5.56 Å². The van der Waals surface area contributed by atoms with E-state index in [1.807, 2.05) is 6.07 Å². The molecular weight excluding hydrogens is 290 g/mol. The van der Waals surface area contributed by atoms with Crippen molar-refractivity contribution in [3.63, 3.8) is 0 Å². The Kier molecular flexibility index (Phi) is 3.24. The van der Waals surface area contributed by atoms with E-state index < -0.39 is 0 Å². The second-order valence-corrected chi connectivity index (χ2v) is 7.70. The molecule has 4 nitrogen and oxygen atoms in total. The quantitative estimate of drug-likeness (QED) is 0.865. The van der Waals surface area contributed by atoms with Crippen LogP contribution in [0.15, 0.2) is 12.1 Å². The number of rotatable bonds is 1. The molecule has 1 saturated heterocycles. The number of ether oxygens (including phenoxy) is 1. The fourth-order valence-electron chi connectivity index (χ4n) is 5.43. The van der Waals surface area contributed by atoms with Crippen LogP contribution in [-0.4, -0.2) is 42.5 Å². The number of fused-ring (bicyclic) bond motifs is 1. The molecule has 1 unspecified atom stereocenters. The van der Waals surface area contributed by atoms with Gasteiger partial charge in [0.05, 0.1) is 7.11 Å². The summed E-state index contributed by atoms with van der Waals surface area (Å²) < 4.78 is 5.35. The number of methoxy groups -OCH3 is 1. The van der Waals surface area contributed by atoms with Crippen molar-refractivity contribution in [1.29, 1.82) is 0 Å². The van der Waals surface area contributed by atoms with Crippen molar-refractivity contribution >= 4 is 5.78 Å². The molecule has 4 atom stereocenters. The Bertz CT molecular complexity index is 671. The minimum atomic E-state index is -0.201. The van der Waals surface area contributed by atoms with Crippen LogP contribution in [0.4, 0.5) is 0 Å². The maximum absolute atomic E-state index is 12.6. The van der Waals surface area contributed by atoms with Gasteiger partial charge in [0.1, 0.15) is 5.78 Å². The third-order valence-corrected chi connectivity index (χ3v) is 6.67. The highest BCUT2D eigenvalue weighted by molar-refractivity contribution is 5.84. The van der Waals surface area contributed by atoms with Crippen LogP contribution in [-0.2, 0) is 16.6 Å². The van der Waals surface area contributed by atoms with Crippen molar-refractivity contribution in [2.75, 3.05) is 20.7 Å². The number of likely N-dealkylation sites (tertiary alicyclic amines) is 1. The van der Waals surface area contributed by atoms with Gasteiger partial charge in [-0.1, -0.05) is 13.0 Å². The lowest BCUT2D eigenvalue weighted by atomic mass is 9.50. The van der Waals surface area contributed by atoms with Gasteiger partial charge < -0.3 is 14.7 Å². The molecular formula is C19H25NO3. The standard InChI is InChI=1S/C19H25NO3/c1-11-8-13-14-9-12-4-5-16(23-3)18(22)17(12)19(13,10-15(11)21)6-7-20(14)2/h4-5,11,13-14,22H,6-10H2,1-3H3/t11?,13-,14+,19-/m1/s1. The molecule has 4 rings (SSSR count). The molecule has 2 fully saturated rings. The lowest BCUT2D eigenvalue weighted by molar-refractivity contribution is -0.132. The molecule has 0 amide bonds. The fourth-order valence-corrected chi connectivity index (χ4v) is 5.43. The number of phenolic OH excluding ortho intramolecular Hbond substituents is 1. The molecule has 0 aromatic heterocycles. The molecule has 0 radical (unpaired) electrons. The average Bonchev–Trinajstić information content (AvgIpc) is 2.52. The molecule has 2 bridgehead atoms. The van der Waals surface area contributed by atoms with Crippen LogP contribution in [0, 0.1) is 11.8 Å². The molecule has 1 saturated carbocycles. The number of benzene rings is 1. The van der Waals surface area contributed by atoms with Gasteiger partial charge in [0.15, 0.2) is 11.5 Å². The minimum absolute atomic E-state index is 0.136. The molecule has 1 aromatic carbocycles. The molecule has 2 aliphatic carbocycles. The van der Waals surface area contributed by atoms with E-state index in [0.29, 0.717) is 29.9 Å². The van der Waals surface area contributed by atoms with Gasteiger partial charge in [0.25, 0.3) is 0 Å². The lowest BCUT2D eigenvalue weighted by Crippen LogP contribution is -2.62. The topological polar surface area (TPSA) is 49.8 Å². The maximum Gasteiger partial charge on any atom is 0.161 e. The van der Waals surface area contributed by atoms with Crippen molar-refractivity contribution in [2.45, 2.75) is 44.1 Å². The first kappa shape index (κ1) is 15.0. The maximum atomic E-state index is 12.6. The largest absolute Gasteiger partial charge is 0.504 e. The van der Waals surface area contributed by atoms with E-state index in [9.17, 15) is 9.90 Å². The zero-order valence-electron chi connectivity index (χ0n) is 14.1. The van der Waals surface area contributed by atoms with Gasteiger partial charge in [-0.3, -0.25) is 4.79 Å². The van der Waals surface area contributed by atoms with Gasteiger partial charge in [-0.15, -0.1) is 0 Å². The number of carbonyl (C=O) groups is 1. The summed E-state index contributed by atoms with van der Waals surface area (Å²) in [5.74, 6) is 1.72. The Hall–Kier alpha value is -1.55. The predicted molar refractivity (Wildman–Crippen MR) is 88.0 cm³/mol. The number of hydrogen-bond acceptors (Lipinski definition) is 4. The van der Waals surface area contributed by atoms with E-state index in [2.05, 4.69) is 24.9 Å². The average molecular weight is 315 g/mol. The van der Waals surface area contributed by atoms with Gasteiger partial charge in [-0.2, -0.15) is 0 Å². The van der Waals surface area contributed by atoms with Gasteiger partial charge in [0, 0.05) is 29.4 Å².